The Morgan fingerprint density at radius 1 is 1.00 bits per heavy atom. The number of amides is 2. The molecule has 6 rings (SSSR count). The average Bonchev–Trinajstić information content (AvgIpc) is 3.11. The third-order valence-electron chi connectivity index (χ3n) is 7.90. The van der Waals surface area contributed by atoms with Gasteiger partial charge in [0.15, 0.2) is 0 Å². The first kappa shape index (κ1) is 16.5. The molecule has 3 unspecified atom stereocenters. The Morgan fingerprint density at radius 3 is 2.61 bits per heavy atom. The molecular formula is C25H27N2O+. The lowest BCUT2D eigenvalue weighted by Gasteiger charge is -2.56. The van der Waals surface area contributed by atoms with E-state index in [1.165, 1.54) is 17.5 Å². The molecule has 0 bridgehead atoms. The van der Waals surface area contributed by atoms with Gasteiger partial charge in [-0.3, -0.25) is 4.90 Å². The van der Waals surface area contributed by atoms with Gasteiger partial charge in [0.25, 0.3) is 0 Å². The fraction of sp³-hybridized carbons (Fsp3) is 0.440. The lowest BCUT2D eigenvalue weighted by atomic mass is 9.62. The van der Waals surface area contributed by atoms with Crippen LogP contribution in [0.4, 0.5) is 10.5 Å². The normalized spacial score (nSPS) is 35.3. The van der Waals surface area contributed by atoms with E-state index in [2.05, 4.69) is 66.8 Å². The highest BCUT2D eigenvalue weighted by atomic mass is 16.2. The molecule has 2 fully saturated rings. The zero-order valence-corrected chi connectivity index (χ0v) is 16.6. The van der Waals surface area contributed by atoms with Crippen molar-refractivity contribution in [3.63, 3.8) is 0 Å². The zero-order chi connectivity index (χ0) is 19.0. The van der Waals surface area contributed by atoms with Crippen LogP contribution in [-0.4, -0.2) is 24.0 Å². The summed E-state index contributed by atoms with van der Waals surface area (Å²) in [6.07, 6.45) is 5.76. The molecule has 0 N–H and O–H groups in total. The van der Waals surface area contributed by atoms with Gasteiger partial charge in [-0.1, -0.05) is 42.5 Å². The molecule has 2 heterocycles. The van der Waals surface area contributed by atoms with Crippen LogP contribution in [0.15, 0.2) is 48.5 Å². The van der Waals surface area contributed by atoms with Crippen molar-refractivity contribution < 1.29 is 4.79 Å². The molecule has 4 aliphatic rings. The predicted molar refractivity (Wildman–Crippen MR) is 111 cm³/mol. The summed E-state index contributed by atoms with van der Waals surface area (Å²) in [5.74, 6) is 2.26. The van der Waals surface area contributed by atoms with Gasteiger partial charge in [-0.15, -0.1) is 0 Å². The predicted octanol–water partition coefficient (Wildman–Crippen LogP) is 5.19. The Balaban J connectivity index is 1.56. The number of urea groups is 1. The molecule has 2 aliphatic carbocycles. The summed E-state index contributed by atoms with van der Waals surface area (Å²) in [7, 11) is 1.94. The number of piperidine rings is 1. The van der Waals surface area contributed by atoms with Crippen molar-refractivity contribution in [3.8, 4) is 0 Å². The molecule has 0 radical (unpaired) electrons. The summed E-state index contributed by atoms with van der Waals surface area (Å²) in [5, 5.41) is 0. The first-order valence-electron chi connectivity index (χ1n) is 10.7. The first-order valence-corrected chi connectivity index (χ1v) is 10.7. The van der Waals surface area contributed by atoms with Crippen molar-refractivity contribution >= 4 is 11.7 Å². The quantitative estimate of drug-likeness (QED) is 0.585. The minimum absolute atomic E-state index is 0.191. The molecule has 28 heavy (non-hydrogen) atoms. The van der Waals surface area contributed by atoms with E-state index in [0.29, 0.717) is 29.7 Å². The highest BCUT2D eigenvalue weighted by molar-refractivity contribution is 5.95. The van der Waals surface area contributed by atoms with Crippen LogP contribution in [0.25, 0.3) is 0 Å². The van der Waals surface area contributed by atoms with Crippen LogP contribution in [0.1, 0.15) is 48.4 Å². The van der Waals surface area contributed by atoms with Crippen molar-refractivity contribution in [2.45, 2.75) is 44.2 Å². The van der Waals surface area contributed by atoms with Gasteiger partial charge in [-0.25, -0.2) is 4.79 Å². The van der Waals surface area contributed by atoms with Crippen LogP contribution in [-0.2, 0) is 6.42 Å². The maximum absolute atomic E-state index is 13.6. The molecule has 1 saturated carbocycles. The van der Waals surface area contributed by atoms with E-state index < -0.39 is 0 Å². The summed E-state index contributed by atoms with van der Waals surface area (Å²) < 4.78 is 0. The van der Waals surface area contributed by atoms with Crippen LogP contribution < -0.4 is 4.90 Å². The number of anilines is 1. The van der Waals surface area contributed by atoms with Crippen molar-refractivity contribution in [2.24, 2.45) is 17.8 Å². The minimum Gasteiger partial charge on any atom is -0.309 e. The Labute approximate surface area is 167 Å². The van der Waals surface area contributed by atoms with E-state index in [1.54, 1.807) is 5.56 Å². The van der Waals surface area contributed by atoms with Gasteiger partial charge in [0.1, 0.15) is 6.42 Å². The molecular weight excluding hydrogens is 344 g/mol. The van der Waals surface area contributed by atoms with Crippen molar-refractivity contribution in [1.29, 1.82) is 0 Å². The molecule has 1 saturated heterocycles. The van der Waals surface area contributed by atoms with E-state index in [9.17, 15) is 4.79 Å². The van der Waals surface area contributed by atoms with Gasteiger partial charge in [-0.2, -0.15) is 0 Å². The van der Waals surface area contributed by atoms with Gasteiger partial charge in [0.2, 0.25) is 0 Å². The third kappa shape index (κ3) is 2.05. The monoisotopic (exact) mass is 371 g/mol. The average molecular weight is 372 g/mol. The molecule has 6 atom stereocenters. The number of carbonyl (C=O) groups is 1. The Kier molecular flexibility index (Phi) is 3.42. The summed E-state index contributed by atoms with van der Waals surface area (Å²) in [5.41, 5.74) is 5.49. The van der Waals surface area contributed by atoms with Crippen LogP contribution in [0.5, 0.6) is 0 Å². The van der Waals surface area contributed by atoms with Crippen LogP contribution in [0.2, 0.25) is 0 Å². The number of carbonyl (C=O) groups excluding carboxylic acids is 1. The van der Waals surface area contributed by atoms with Crippen molar-refractivity contribution in [2.75, 3.05) is 11.9 Å². The number of para-hydroxylation sites is 1. The largest absolute Gasteiger partial charge is 0.325 e. The lowest BCUT2D eigenvalue weighted by Crippen LogP contribution is -2.61. The summed E-state index contributed by atoms with van der Waals surface area (Å²) in [4.78, 5) is 17.7. The molecule has 3 heteroatoms. The second kappa shape index (κ2) is 5.79. The fourth-order valence-electron chi connectivity index (χ4n) is 6.82. The molecule has 3 nitrogen and oxygen atoms in total. The van der Waals surface area contributed by atoms with Gasteiger partial charge in [0, 0.05) is 7.05 Å². The van der Waals surface area contributed by atoms with Gasteiger partial charge in [-0.05, 0) is 60.3 Å². The van der Waals surface area contributed by atoms with E-state index in [4.69, 9.17) is 0 Å². The lowest BCUT2D eigenvalue weighted by molar-refractivity contribution is -0.00425. The van der Waals surface area contributed by atoms with Crippen LogP contribution in [0, 0.1) is 24.2 Å². The number of nitrogens with zero attached hydrogens (tertiary/aromatic N) is 2. The Morgan fingerprint density at radius 2 is 1.75 bits per heavy atom. The molecule has 0 aromatic heterocycles. The number of fused-ring (bicyclic) bond motifs is 10. The van der Waals surface area contributed by atoms with E-state index in [-0.39, 0.29) is 12.1 Å². The standard InChI is InChI=1S/C25H27N2O/c1-15-11-12-22-19(13-15)23-17-8-4-3-7-16(17)14-20(23)24-18-9-5-6-10-21(18)26(2)25(28)27(22)24/h3-11,15,19-20,22-24H,12-14H2,1-2H3/q+1/t15?,19?,20-,22?,23-,24+/m1/s1. The highest BCUT2D eigenvalue weighted by Gasteiger charge is 2.59. The summed E-state index contributed by atoms with van der Waals surface area (Å²) in [6, 6.07) is 18.3. The molecule has 142 valence electrons. The van der Waals surface area contributed by atoms with E-state index in [0.717, 1.165) is 18.5 Å². The highest BCUT2D eigenvalue weighted by Crippen LogP contribution is 2.60. The van der Waals surface area contributed by atoms with E-state index >= 15 is 0 Å². The molecule has 2 aliphatic heterocycles. The number of hydrogen-bond acceptors (Lipinski definition) is 1. The molecule has 0 spiro atoms. The summed E-state index contributed by atoms with van der Waals surface area (Å²) in [6.45, 7) is 2.34. The Bertz CT molecular complexity index is 953. The van der Waals surface area contributed by atoms with Gasteiger partial charge >= 0.3 is 6.03 Å². The fourth-order valence-corrected chi connectivity index (χ4v) is 6.82. The van der Waals surface area contributed by atoms with Crippen molar-refractivity contribution in [3.05, 3.63) is 71.6 Å². The second-order valence-corrected chi connectivity index (χ2v) is 9.26. The topological polar surface area (TPSA) is 23.6 Å². The maximum atomic E-state index is 13.6. The van der Waals surface area contributed by atoms with Crippen LogP contribution in [0.3, 0.4) is 0 Å². The number of hydrogen-bond donors (Lipinski definition) is 0. The summed E-state index contributed by atoms with van der Waals surface area (Å²) >= 11 is 0. The second-order valence-electron chi connectivity index (χ2n) is 9.26. The van der Waals surface area contributed by atoms with E-state index in [1.807, 2.05) is 11.9 Å². The number of benzene rings is 2. The van der Waals surface area contributed by atoms with Crippen molar-refractivity contribution in [1.82, 2.24) is 4.90 Å². The maximum Gasteiger partial charge on any atom is 0.325 e. The molecule has 2 amide bonds. The van der Waals surface area contributed by atoms with Gasteiger partial charge in [0.05, 0.1) is 30.1 Å². The third-order valence-corrected chi connectivity index (χ3v) is 7.90. The molecule has 2 aromatic rings. The zero-order valence-electron chi connectivity index (χ0n) is 16.6. The minimum atomic E-state index is 0.191. The molecule has 2 aromatic carbocycles. The van der Waals surface area contributed by atoms with Crippen LogP contribution >= 0.6 is 0 Å². The SMILES string of the molecule is CC1[CH+]CC2C(C1)[C@H]1c3ccccc3C[C@H]1[C@@H]1c3ccccc3N(C)C(=O)N21. The smallest absolute Gasteiger partial charge is 0.309 e. The number of rotatable bonds is 0. The Hall–Kier alpha value is -2.42. The first-order chi connectivity index (χ1) is 13.6. The van der Waals surface area contributed by atoms with Gasteiger partial charge < -0.3 is 4.90 Å².